The molecule has 0 fully saturated rings. The van der Waals surface area contributed by atoms with Gasteiger partial charge in [-0.3, -0.25) is 0 Å². The second kappa shape index (κ2) is 5.09. The molecule has 0 amide bonds. The molecule has 0 saturated carbocycles. The van der Waals surface area contributed by atoms with Crippen molar-refractivity contribution in [1.29, 1.82) is 0 Å². The molecular formula is C10H15NS. The summed E-state index contributed by atoms with van der Waals surface area (Å²) in [7, 11) is 0. The lowest BCUT2D eigenvalue weighted by atomic mass is 10.2. The van der Waals surface area contributed by atoms with Crippen molar-refractivity contribution in [2.24, 2.45) is 0 Å². The smallest absolute Gasteiger partial charge is 0.0340 e. The molecule has 66 valence electrons. The van der Waals surface area contributed by atoms with E-state index < -0.39 is 0 Å². The van der Waals surface area contributed by atoms with Gasteiger partial charge in [0.1, 0.15) is 0 Å². The monoisotopic (exact) mass is 181 g/mol. The quantitative estimate of drug-likeness (QED) is 0.537. The SMILES string of the molecule is Cc1ccc(NCCCS)cc1. The lowest BCUT2D eigenvalue weighted by Gasteiger charge is -2.04. The first-order valence-electron chi connectivity index (χ1n) is 4.24. The van der Waals surface area contributed by atoms with E-state index in [1.165, 1.54) is 11.3 Å². The molecule has 1 N–H and O–H groups in total. The van der Waals surface area contributed by atoms with Crippen LogP contribution in [0.5, 0.6) is 0 Å². The van der Waals surface area contributed by atoms with Gasteiger partial charge in [0.25, 0.3) is 0 Å². The third kappa shape index (κ3) is 3.18. The van der Waals surface area contributed by atoms with Gasteiger partial charge in [-0.15, -0.1) is 0 Å². The van der Waals surface area contributed by atoms with Gasteiger partial charge in [0.05, 0.1) is 0 Å². The first kappa shape index (κ1) is 9.46. The highest BCUT2D eigenvalue weighted by atomic mass is 32.1. The van der Waals surface area contributed by atoms with E-state index in [9.17, 15) is 0 Å². The zero-order chi connectivity index (χ0) is 8.81. The third-order valence-electron chi connectivity index (χ3n) is 1.72. The largest absolute Gasteiger partial charge is 0.385 e. The lowest BCUT2D eigenvalue weighted by Crippen LogP contribution is -2.01. The molecule has 0 radical (unpaired) electrons. The third-order valence-corrected chi connectivity index (χ3v) is 2.03. The maximum Gasteiger partial charge on any atom is 0.0340 e. The average Bonchev–Trinajstić information content (AvgIpc) is 2.09. The summed E-state index contributed by atoms with van der Waals surface area (Å²) < 4.78 is 0. The van der Waals surface area contributed by atoms with Gasteiger partial charge in [0.15, 0.2) is 0 Å². The highest BCUT2D eigenvalue weighted by Crippen LogP contribution is 2.08. The normalized spacial score (nSPS) is 9.83. The molecule has 0 spiro atoms. The van der Waals surface area contributed by atoms with Crippen molar-refractivity contribution in [2.75, 3.05) is 17.6 Å². The van der Waals surface area contributed by atoms with E-state index in [2.05, 4.69) is 49.1 Å². The van der Waals surface area contributed by atoms with Crippen LogP contribution < -0.4 is 5.32 Å². The molecule has 1 aromatic rings. The Bertz CT molecular complexity index is 218. The summed E-state index contributed by atoms with van der Waals surface area (Å²) in [6, 6.07) is 8.44. The van der Waals surface area contributed by atoms with Gasteiger partial charge in [0.2, 0.25) is 0 Å². The highest BCUT2D eigenvalue weighted by Gasteiger charge is 1.89. The first-order chi connectivity index (χ1) is 5.83. The summed E-state index contributed by atoms with van der Waals surface area (Å²) >= 11 is 4.14. The summed E-state index contributed by atoms with van der Waals surface area (Å²) in [6.45, 7) is 3.10. The van der Waals surface area contributed by atoms with Crippen molar-refractivity contribution in [1.82, 2.24) is 0 Å². The van der Waals surface area contributed by atoms with Gasteiger partial charge in [-0.1, -0.05) is 17.7 Å². The Morgan fingerprint density at radius 3 is 2.50 bits per heavy atom. The molecule has 0 atom stereocenters. The standard InChI is InChI=1S/C10H15NS/c1-9-3-5-10(6-4-9)11-7-2-8-12/h3-6,11-12H,2,7-8H2,1H3. The number of aryl methyl sites for hydroxylation is 1. The fourth-order valence-electron chi connectivity index (χ4n) is 0.983. The van der Waals surface area contributed by atoms with Crippen LogP contribution >= 0.6 is 12.6 Å². The van der Waals surface area contributed by atoms with Crippen molar-refractivity contribution < 1.29 is 0 Å². The van der Waals surface area contributed by atoms with Crippen LogP contribution in [0.15, 0.2) is 24.3 Å². The Morgan fingerprint density at radius 2 is 1.92 bits per heavy atom. The van der Waals surface area contributed by atoms with Crippen molar-refractivity contribution in [2.45, 2.75) is 13.3 Å². The molecule has 0 aliphatic rings. The fourth-order valence-corrected chi connectivity index (χ4v) is 1.14. The van der Waals surface area contributed by atoms with Crippen LogP contribution in [0.25, 0.3) is 0 Å². The van der Waals surface area contributed by atoms with E-state index in [-0.39, 0.29) is 0 Å². The van der Waals surface area contributed by atoms with E-state index in [1.54, 1.807) is 0 Å². The molecule has 0 saturated heterocycles. The number of nitrogens with one attached hydrogen (secondary N) is 1. The van der Waals surface area contributed by atoms with Crippen molar-refractivity contribution in [3.05, 3.63) is 29.8 Å². The minimum Gasteiger partial charge on any atom is -0.385 e. The van der Waals surface area contributed by atoms with Crippen LogP contribution in [0.3, 0.4) is 0 Å². The van der Waals surface area contributed by atoms with Gasteiger partial charge in [-0.2, -0.15) is 12.6 Å². The summed E-state index contributed by atoms with van der Waals surface area (Å²) in [4.78, 5) is 0. The van der Waals surface area contributed by atoms with Crippen molar-refractivity contribution in [3.8, 4) is 0 Å². The summed E-state index contributed by atoms with van der Waals surface area (Å²) in [5.41, 5.74) is 2.50. The number of rotatable bonds is 4. The molecule has 1 rings (SSSR count). The molecule has 1 aromatic carbocycles. The lowest BCUT2D eigenvalue weighted by molar-refractivity contribution is 0.995. The zero-order valence-corrected chi connectivity index (χ0v) is 8.27. The van der Waals surface area contributed by atoms with Crippen LogP contribution in [0.2, 0.25) is 0 Å². The minimum absolute atomic E-state index is 0.943. The highest BCUT2D eigenvalue weighted by molar-refractivity contribution is 7.80. The fraction of sp³-hybridized carbons (Fsp3) is 0.400. The molecule has 0 aliphatic heterocycles. The second-order valence-corrected chi connectivity index (χ2v) is 3.32. The zero-order valence-electron chi connectivity index (χ0n) is 7.38. The average molecular weight is 181 g/mol. The van der Waals surface area contributed by atoms with Crippen LogP contribution in [-0.2, 0) is 0 Å². The second-order valence-electron chi connectivity index (χ2n) is 2.87. The molecule has 0 aromatic heterocycles. The number of hydrogen-bond acceptors (Lipinski definition) is 2. The van der Waals surface area contributed by atoms with Gasteiger partial charge in [-0.05, 0) is 31.2 Å². The Labute approximate surface area is 79.6 Å². The van der Waals surface area contributed by atoms with Crippen LogP contribution in [0.1, 0.15) is 12.0 Å². The van der Waals surface area contributed by atoms with Crippen LogP contribution in [0.4, 0.5) is 5.69 Å². The topological polar surface area (TPSA) is 12.0 Å². The van der Waals surface area contributed by atoms with E-state index in [1.807, 2.05) is 0 Å². The molecule has 12 heavy (non-hydrogen) atoms. The Morgan fingerprint density at radius 1 is 1.25 bits per heavy atom. The van der Waals surface area contributed by atoms with Gasteiger partial charge in [-0.25, -0.2) is 0 Å². The van der Waals surface area contributed by atoms with Gasteiger partial charge in [0, 0.05) is 12.2 Å². The maximum atomic E-state index is 4.14. The van der Waals surface area contributed by atoms with E-state index >= 15 is 0 Å². The number of anilines is 1. The van der Waals surface area contributed by atoms with Gasteiger partial charge < -0.3 is 5.32 Å². The molecule has 0 aliphatic carbocycles. The number of hydrogen-bond donors (Lipinski definition) is 2. The van der Waals surface area contributed by atoms with Gasteiger partial charge >= 0.3 is 0 Å². The summed E-state index contributed by atoms with van der Waals surface area (Å²) in [5.74, 6) is 0.943. The van der Waals surface area contributed by atoms with Crippen molar-refractivity contribution >= 4 is 18.3 Å². The van der Waals surface area contributed by atoms with Crippen LogP contribution in [0, 0.1) is 6.92 Å². The Hall–Kier alpha value is -0.630. The minimum atomic E-state index is 0.943. The number of benzene rings is 1. The molecule has 0 heterocycles. The predicted molar refractivity (Wildman–Crippen MR) is 58.1 cm³/mol. The molecule has 2 heteroatoms. The van der Waals surface area contributed by atoms with E-state index in [0.717, 1.165) is 18.7 Å². The summed E-state index contributed by atoms with van der Waals surface area (Å²) in [6.07, 6.45) is 1.11. The van der Waals surface area contributed by atoms with Crippen LogP contribution in [-0.4, -0.2) is 12.3 Å². The molecule has 0 bridgehead atoms. The first-order valence-corrected chi connectivity index (χ1v) is 4.87. The number of thiol groups is 1. The Kier molecular flexibility index (Phi) is 4.01. The Balaban J connectivity index is 2.37. The maximum absolute atomic E-state index is 4.14. The molecule has 0 unspecified atom stereocenters. The molecule has 1 nitrogen and oxygen atoms in total. The summed E-state index contributed by atoms with van der Waals surface area (Å²) in [5, 5.41) is 3.32. The molecular weight excluding hydrogens is 166 g/mol. The van der Waals surface area contributed by atoms with Crippen molar-refractivity contribution in [3.63, 3.8) is 0 Å². The predicted octanol–water partition coefficient (Wildman–Crippen LogP) is 2.73. The van der Waals surface area contributed by atoms with E-state index in [4.69, 9.17) is 0 Å². The van der Waals surface area contributed by atoms with E-state index in [0.29, 0.717) is 0 Å².